The zero-order chi connectivity index (χ0) is 14.2. The fourth-order valence-electron chi connectivity index (χ4n) is 2.62. The minimum atomic E-state index is -0.649. The third kappa shape index (κ3) is 2.19. The first-order chi connectivity index (χ1) is 9.64. The average molecular weight is 290 g/mol. The largest absolute Gasteiger partial charge is 0.305 e. The predicted molar refractivity (Wildman–Crippen MR) is 81.2 cm³/mol. The van der Waals surface area contributed by atoms with Gasteiger partial charge in [-0.05, 0) is 30.7 Å². The number of amides is 1. The van der Waals surface area contributed by atoms with Crippen LogP contribution in [0, 0.1) is 0 Å². The van der Waals surface area contributed by atoms with Crippen molar-refractivity contribution < 1.29 is 4.79 Å². The van der Waals surface area contributed by atoms with Crippen LogP contribution in [0.25, 0.3) is 0 Å². The van der Waals surface area contributed by atoms with Crippen molar-refractivity contribution >= 4 is 23.4 Å². The second-order valence-electron chi connectivity index (χ2n) is 5.05. The zero-order valence-electron chi connectivity index (χ0n) is 11.6. The van der Waals surface area contributed by atoms with Crippen LogP contribution in [0.3, 0.4) is 0 Å². The van der Waals surface area contributed by atoms with Gasteiger partial charge in [-0.15, -0.1) is 0 Å². The molecule has 1 unspecified atom stereocenters. The summed E-state index contributed by atoms with van der Waals surface area (Å²) in [4.78, 5) is 14.2. The van der Waals surface area contributed by atoms with Crippen LogP contribution in [-0.2, 0) is 17.8 Å². The Labute approximate surface area is 122 Å². The Hall–Kier alpha value is -1.53. The molecule has 2 aliphatic heterocycles. The first-order valence-corrected chi connectivity index (χ1v) is 7.88. The van der Waals surface area contributed by atoms with Gasteiger partial charge in [-0.25, -0.2) is 4.90 Å². The minimum Gasteiger partial charge on any atom is -0.305 e. The van der Waals surface area contributed by atoms with E-state index < -0.39 is 5.12 Å². The van der Waals surface area contributed by atoms with Crippen molar-refractivity contribution in [2.24, 2.45) is 5.10 Å². The van der Waals surface area contributed by atoms with Gasteiger partial charge in [0.2, 0.25) is 5.12 Å². The van der Waals surface area contributed by atoms with Crippen molar-refractivity contribution in [2.45, 2.75) is 25.0 Å². The predicted octanol–water partition coefficient (Wildman–Crippen LogP) is 1.11. The molecule has 1 atom stereocenters. The van der Waals surface area contributed by atoms with Crippen molar-refractivity contribution in [1.29, 1.82) is 0 Å². The molecule has 3 rings (SSSR count). The standard InChI is InChI=1S/C14H18N4OS/c1-10-13(19)15-14(20-2,17-16-10)18-8-7-11-5-3-4-6-12(11)9-18/h3-6,17H,7-9H2,1-2H3,(H,15,19). The van der Waals surface area contributed by atoms with Crippen LogP contribution in [0.5, 0.6) is 0 Å². The summed E-state index contributed by atoms with van der Waals surface area (Å²) < 4.78 is 0. The van der Waals surface area contributed by atoms with E-state index in [1.54, 1.807) is 18.7 Å². The van der Waals surface area contributed by atoms with Gasteiger partial charge in [0, 0.05) is 13.1 Å². The summed E-state index contributed by atoms with van der Waals surface area (Å²) in [6.45, 7) is 3.40. The SMILES string of the molecule is CSC1(N2CCc3ccccc3C2)NN=C(C)C(=O)N1. The van der Waals surface area contributed by atoms with E-state index >= 15 is 0 Å². The van der Waals surface area contributed by atoms with Crippen molar-refractivity contribution in [2.75, 3.05) is 12.8 Å². The fourth-order valence-corrected chi connectivity index (χ4v) is 3.37. The van der Waals surface area contributed by atoms with Gasteiger partial charge in [0.15, 0.2) is 0 Å². The molecule has 2 aliphatic rings. The molecule has 0 aromatic heterocycles. The topological polar surface area (TPSA) is 56.7 Å². The van der Waals surface area contributed by atoms with Gasteiger partial charge in [-0.2, -0.15) is 5.10 Å². The number of hydrogen-bond acceptors (Lipinski definition) is 5. The molecular weight excluding hydrogens is 272 g/mol. The number of fused-ring (bicyclic) bond motifs is 1. The molecule has 20 heavy (non-hydrogen) atoms. The second-order valence-corrected chi connectivity index (χ2v) is 6.05. The molecule has 1 aromatic carbocycles. The van der Waals surface area contributed by atoms with E-state index in [1.807, 2.05) is 6.26 Å². The molecular formula is C14H18N4OS. The highest BCUT2D eigenvalue weighted by Crippen LogP contribution is 2.29. The van der Waals surface area contributed by atoms with Gasteiger partial charge < -0.3 is 5.32 Å². The van der Waals surface area contributed by atoms with Gasteiger partial charge in [0.1, 0.15) is 5.71 Å². The molecule has 1 aromatic rings. The normalized spacial score (nSPS) is 26.3. The second kappa shape index (κ2) is 5.10. The quantitative estimate of drug-likeness (QED) is 0.857. The lowest BCUT2D eigenvalue weighted by Gasteiger charge is -2.45. The molecule has 0 aliphatic carbocycles. The van der Waals surface area contributed by atoms with Crippen LogP contribution < -0.4 is 10.7 Å². The molecule has 0 fully saturated rings. The van der Waals surface area contributed by atoms with Crippen molar-refractivity contribution in [1.82, 2.24) is 15.6 Å². The number of benzene rings is 1. The highest BCUT2D eigenvalue weighted by Gasteiger charge is 2.41. The van der Waals surface area contributed by atoms with Crippen LogP contribution >= 0.6 is 11.8 Å². The average Bonchev–Trinajstić information content (AvgIpc) is 2.50. The van der Waals surface area contributed by atoms with E-state index in [2.05, 4.69) is 45.0 Å². The summed E-state index contributed by atoms with van der Waals surface area (Å²) in [5.41, 5.74) is 6.28. The van der Waals surface area contributed by atoms with E-state index in [9.17, 15) is 4.79 Å². The van der Waals surface area contributed by atoms with Crippen LogP contribution in [0.15, 0.2) is 29.4 Å². The molecule has 106 valence electrons. The maximum atomic E-state index is 11.9. The summed E-state index contributed by atoms with van der Waals surface area (Å²) >= 11 is 1.56. The number of hydrogen-bond donors (Lipinski definition) is 2. The van der Waals surface area contributed by atoms with Gasteiger partial charge >= 0.3 is 0 Å². The Balaban J connectivity index is 1.87. The first kappa shape index (κ1) is 13.5. The first-order valence-electron chi connectivity index (χ1n) is 6.65. The van der Waals surface area contributed by atoms with E-state index in [0.717, 1.165) is 19.5 Å². The summed E-state index contributed by atoms with van der Waals surface area (Å²) in [6.07, 6.45) is 2.96. The van der Waals surface area contributed by atoms with Crippen molar-refractivity contribution in [3.63, 3.8) is 0 Å². The fraction of sp³-hybridized carbons (Fsp3) is 0.429. The lowest BCUT2D eigenvalue weighted by molar-refractivity contribution is -0.119. The number of thioether (sulfide) groups is 1. The van der Waals surface area contributed by atoms with Crippen LogP contribution in [-0.4, -0.2) is 34.4 Å². The van der Waals surface area contributed by atoms with Crippen molar-refractivity contribution in [3.8, 4) is 0 Å². The molecule has 0 saturated heterocycles. The van der Waals surface area contributed by atoms with E-state index in [4.69, 9.17) is 0 Å². The molecule has 2 heterocycles. The molecule has 2 N–H and O–H groups in total. The smallest absolute Gasteiger partial charge is 0.270 e. The summed E-state index contributed by atoms with van der Waals surface area (Å²) in [7, 11) is 0. The molecule has 0 bridgehead atoms. The molecule has 1 amide bonds. The van der Waals surface area contributed by atoms with Crippen LogP contribution in [0.2, 0.25) is 0 Å². The van der Waals surface area contributed by atoms with E-state index in [0.29, 0.717) is 5.71 Å². The number of carbonyl (C=O) groups excluding carboxylic acids is 1. The summed E-state index contributed by atoms with van der Waals surface area (Å²) in [5.74, 6) is -0.114. The third-order valence-corrected chi connectivity index (χ3v) is 4.90. The third-order valence-electron chi connectivity index (χ3n) is 3.86. The molecule has 0 radical (unpaired) electrons. The monoisotopic (exact) mass is 290 g/mol. The van der Waals surface area contributed by atoms with E-state index in [-0.39, 0.29) is 5.91 Å². The number of carbonyl (C=O) groups is 1. The number of nitrogens with one attached hydrogen (secondary N) is 2. The Morgan fingerprint density at radius 1 is 1.35 bits per heavy atom. The summed E-state index contributed by atoms with van der Waals surface area (Å²) in [5, 5.41) is 6.55. The summed E-state index contributed by atoms with van der Waals surface area (Å²) in [6, 6.07) is 8.46. The minimum absolute atomic E-state index is 0.114. The van der Waals surface area contributed by atoms with Gasteiger partial charge in [-0.1, -0.05) is 36.0 Å². The van der Waals surface area contributed by atoms with Crippen LogP contribution in [0.4, 0.5) is 0 Å². The lowest BCUT2D eigenvalue weighted by atomic mass is 10.00. The zero-order valence-corrected chi connectivity index (χ0v) is 12.5. The Kier molecular flexibility index (Phi) is 3.43. The lowest BCUT2D eigenvalue weighted by Crippen LogP contribution is -2.69. The number of rotatable bonds is 2. The molecule has 0 spiro atoms. The van der Waals surface area contributed by atoms with E-state index in [1.165, 1.54) is 11.1 Å². The Bertz CT molecular complexity index is 574. The number of nitrogens with zero attached hydrogens (tertiary/aromatic N) is 2. The van der Waals surface area contributed by atoms with Gasteiger partial charge in [-0.3, -0.25) is 10.2 Å². The molecule has 5 nitrogen and oxygen atoms in total. The van der Waals surface area contributed by atoms with Crippen LogP contribution in [0.1, 0.15) is 18.1 Å². The molecule has 0 saturated carbocycles. The van der Waals surface area contributed by atoms with Gasteiger partial charge in [0.25, 0.3) is 5.91 Å². The number of hydrazone groups is 1. The molecule has 6 heteroatoms. The highest BCUT2D eigenvalue weighted by molar-refractivity contribution is 7.99. The van der Waals surface area contributed by atoms with Crippen molar-refractivity contribution in [3.05, 3.63) is 35.4 Å². The highest BCUT2D eigenvalue weighted by atomic mass is 32.2. The maximum absolute atomic E-state index is 11.9. The Morgan fingerprint density at radius 2 is 2.10 bits per heavy atom. The van der Waals surface area contributed by atoms with Gasteiger partial charge in [0.05, 0.1) is 0 Å². The maximum Gasteiger partial charge on any atom is 0.270 e. The Morgan fingerprint density at radius 3 is 2.80 bits per heavy atom.